The van der Waals surface area contributed by atoms with Crippen LogP contribution in [0.4, 0.5) is 0 Å². The van der Waals surface area contributed by atoms with E-state index >= 15 is 0 Å². The number of unbranched alkanes of at least 4 members (excludes halogenated alkanes) is 8. The second kappa shape index (κ2) is 9.76. The summed E-state index contributed by atoms with van der Waals surface area (Å²) in [7, 11) is 0. The molecule has 0 aromatic rings. The van der Waals surface area contributed by atoms with Gasteiger partial charge in [-0.1, -0.05) is 51.0 Å². The van der Waals surface area contributed by atoms with Crippen molar-refractivity contribution in [2.24, 2.45) is 5.92 Å². The summed E-state index contributed by atoms with van der Waals surface area (Å²) in [6.07, 6.45) is 14.1. The fraction of sp³-hybridized carbons (Fsp3) is 0.750. The molecule has 0 radical (unpaired) electrons. The Bertz CT molecular complexity index is 296. The summed E-state index contributed by atoms with van der Waals surface area (Å²) >= 11 is 0. The summed E-state index contributed by atoms with van der Waals surface area (Å²) in [5.74, 6) is -0.826. The zero-order valence-corrected chi connectivity index (χ0v) is 11.9. The van der Waals surface area contributed by atoms with Gasteiger partial charge < -0.3 is 4.74 Å². The predicted molar refractivity (Wildman–Crippen MR) is 75.6 cm³/mol. The van der Waals surface area contributed by atoms with E-state index in [1.165, 1.54) is 38.5 Å². The van der Waals surface area contributed by atoms with Crippen LogP contribution in [0.25, 0.3) is 0 Å². The number of esters is 2. The molecule has 0 aliphatic carbocycles. The van der Waals surface area contributed by atoms with Gasteiger partial charge in [0.05, 0.1) is 12.3 Å². The third-order valence-corrected chi connectivity index (χ3v) is 3.67. The molecule has 0 N–H and O–H groups in total. The van der Waals surface area contributed by atoms with Gasteiger partial charge in [0, 0.05) is 0 Å². The Labute approximate surface area is 116 Å². The van der Waals surface area contributed by atoms with Crippen molar-refractivity contribution in [3.63, 3.8) is 0 Å². The van der Waals surface area contributed by atoms with Gasteiger partial charge in [0.2, 0.25) is 0 Å². The summed E-state index contributed by atoms with van der Waals surface area (Å²) in [6, 6.07) is 0. The van der Waals surface area contributed by atoms with E-state index in [1.807, 2.05) is 6.08 Å². The molecule has 1 fully saturated rings. The van der Waals surface area contributed by atoms with E-state index in [-0.39, 0.29) is 17.9 Å². The lowest BCUT2D eigenvalue weighted by atomic mass is 9.99. The van der Waals surface area contributed by atoms with Crippen molar-refractivity contribution in [2.75, 3.05) is 0 Å². The molecule has 1 rings (SSSR count). The topological polar surface area (TPSA) is 43.4 Å². The van der Waals surface area contributed by atoms with Crippen LogP contribution in [0.3, 0.4) is 0 Å². The molecule has 0 amide bonds. The standard InChI is InChI=1S/C16H26O3/c1-2-3-4-5-6-7-8-9-10-11-12-14-13-15(17)19-16(14)18/h2,14H,1,3-13H2. The van der Waals surface area contributed by atoms with Crippen molar-refractivity contribution in [3.8, 4) is 0 Å². The molecule has 0 aromatic carbocycles. The van der Waals surface area contributed by atoms with E-state index in [0.717, 1.165) is 25.7 Å². The number of carbonyl (C=O) groups excluding carboxylic acids is 2. The highest BCUT2D eigenvalue weighted by Gasteiger charge is 2.32. The average Bonchev–Trinajstić information content (AvgIpc) is 2.70. The third-order valence-electron chi connectivity index (χ3n) is 3.67. The minimum absolute atomic E-state index is 0.161. The quantitative estimate of drug-likeness (QED) is 0.244. The molecular formula is C16H26O3. The van der Waals surface area contributed by atoms with Crippen LogP contribution >= 0.6 is 0 Å². The lowest BCUT2D eigenvalue weighted by Crippen LogP contribution is -2.06. The van der Waals surface area contributed by atoms with Gasteiger partial charge in [0.15, 0.2) is 0 Å². The normalized spacial score (nSPS) is 18.6. The lowest BCUT2D eigenvalue weighted by molar-refractivity contribution is -0.153. The van der Waals surface area contributed by atoms with Gasteiger partial charge in [-0.2, -0.15) is 0 Å². The number of carbonyl (C=O) groups is 2. The van der Waals surface area contributed by atoms with Crippen LogP contribution in [0.5, 0.6) is 0 Å². The molecule has 1 saturated heterocycles. The summed E-state index contributed by atoms with van der Waals surface area (Å²) in [6.45, 7) is 3.72. The van der Waals surface area contributed by atoms with Crippen LogP contribution in [0.1, 0.15) is 70.6 Å². The zero-order chi connectivity index (χ0) is 13.9. The van der Waals surface area contributed by atoms with Gasteiger partial charge in [-0.05, 0) is 19.3 Å². The highest BCUT2D eigenvalue weighted by molar-refractivity contribution is 5.94. The smallest absolute Gasteiger partial charge is 0.317 e. The predicted octanol–water partition coefficient (Wildman–Crippen LogP) is 4.16. The molecular weight excluding hydrogens is 240 g/mol. The minimum Gasteiger partial charge on any atom is -0.393 e. The van der Waals surface area contributed by atoms with Crippen molar-refractivity contribution < 1.29 is 14.3 Å². The molecule has 1 aliphatic rings. The Morgan fingerprint density at radius 2 is 1.58 bits per heavy atom. The van der Waals surface area contributed by atoms with Crippen LogP contribution in [0, 0.1) is 5.92 Å². The lowest BCUT2D eigenvalue weighted by Gasteiger charge is -2.04. The molecule has 0 aromatic heterocycles. The molecule has 1 unspecified atom stereocenters. The fourth-order valence-electron chi connectivity index (χ4n) is 2.48. The van der Waals surface area contributed by atoms with Crippen LogP contribution in [0.2, 0.25) is 0 Å². The van der Waals surface area contributed by atoms with E-state index in [4.69, 9.17) is 0 Å². The van der Waals surface area contributed by atoms with Crippen LogP contribution < -0.4 is 0 Å². The van der Waals surface area contributed by atoms with Crippen molar-refractivity contribution in [1.82, 2.24) is 0 Å². The van der Waals surface area contributed by atoms with E-state index in [0.29, 0.717) is 6.42 Å². The molecule has 1 atom stereocenters. The largest absolute Gasteiger partial charge is 0.393 e. The Balaban J connectivity index is 1.85. The van der Waals surface area contributed by atoms with E-state index < -0.39 is 0 Å². The monoisotopic (exact) mass is 266 g/mol. The summed E-state index contributed by atoms with van der Waals surface area (Å²) in [4.78, 5) is 22.1. The highest BCUT2D eigenvalue weighted by Crippen LogP contribution is 2.22. The Kier molecular flexibility index (Phi) is 8.19. The summed E-state index contributed by atoms with van der Waals surface area (Å²) in [5, 5.41) is 0. The maximum absolute atomic E-state index is 11.2. The van der Waals surface area contributed by atoms with Gasteiger partial charge in [-0.25, -0.2) is 0 Å². The molecule has 1 heterocycles. The van der Waals surface area contributed by atoms with Crippen molar-refractivity contribution >= 4 is 11.9 Å². The molecule has 3 nitrogen and oxygen atoms in total. The Morgan fingerprint density at radius 1 is 1.00 bits per heavy atom. The average molecular weight is 266 g/mol. The van der Waals surface area contributed by atoms with E-state index in [9.17, 15) is 9.59 Å². The van der Waals surface area contributed by atoms with Crippen molar-refractivity contribution in [2.45, 2.75) is 70.6 Å². The third kappa shape index (κ3) is 7.14. The van der Waals surface area contributed by atoms with Gasteiger partial charge in [0.1, 0.15) is 0 Å². The first-order valence-corrected chi connectivity index (χ1v) is 7.59. The van der Waals surface area contributed by atoms with Crippen molar-refractivity contribution in [1.29, 1.82) is 0 Å². The number of ether oxygens (including phenoxy) is 1. The second-order valence-electron chi connectivity index (χ2n) is 5.39. The molecule has 0 bridgehead atoms. The molecule has 0 saturated carbocycles. The van der Waals surface area contributed by atoms with Crippen LogP contribution in [-0.2, 0) is 14.3 Å². The molecule has 108 valence electrons. The maximum Gasteiger partial charge on any atom is 0.317 e. The molecule has 19 heavy (non-hydrogen) atoms. The molecule has 3 heteroatoms. The molecule has 0 spiro atoms. The van der Waals surface area contributed by atoms with Gasteiger partial charge in [-0.15, -0.1) is 6.58 Å². The van der Waals surface area contributed by atoms with E-state index in [1.54, 1.807) is 0 Å². The van der Waals surface area contributed by atoms with Gasteiger partial charge in [0.25, 0.3) is 0 Å². The van der Waals surface area contributed by atoms with Crippen LogP contribution in [0.15, 0.2) is 12.7 Å². The summed E-state index contributed by atoms with van der Waals surface area (Å²) in [5.41, 5.74) is 0. The Hall–Kier alpha value is -1.12. The summed E-state index contributed by atoms with van der Waals surface area (Å²) < 4.78 is 4.53. The first kappa shape index (κ1) is 15.9. The van der Waals surface area contributed by atoms with Gasteiger partial charge >= 0.3 is 11.9 Å². The highest BCUT2D eigenvalue weighted by atomic mass is 16.6. The van der Waals surface area contributed by atoms with E-state index in [2.05, 4.69) is 11.3 Å². The van der Waals surface area contributed by atoms with Gasteiger partial charge in [-0.3, -0.25) is 9.59 Å². The SMILES string of the molecule is C=CCCCCCCCCCCC1CC(=O)OC1=O. The Morgan fingerprint density at radius 3 is 2.11 bits per heavy atom. The number of cyclic esters (lactones) is 2. The van der Waals surface area contributed by atoms with Crippen LogP contribution in [-0.4, -0.2) is 11.9 Å². The zero-order valence-electron chi connectivity index (χ0n) is 11.9. The number of hydrogen-bond acceptors (Lipinski definition) is 3. The number of allylic oxidation sites excluding steroid dienone is 1. The molecule has 1 aliphatic heterocycles. The fourth-order valence-corrected chi connectivity index (χ4v) is 2.48. The maximum atomic E-state index is 11.2. The first-order chi connectivity index (χ1) is 9.24. The first-order valence-electron chi connectivity index (χ1n) is 7.59. The number of hydrogen-bond donors (Lipinski definition) is 0. The minimum atomic E-state index is -0.352. The van der Waals surface area contributed by atoms with Crippen molar-refractivity contribution in [3.05, 3.63) is 12.7 Å². The number of rotatable bonds is 11. The second-order valence-corrected chi connectivity index (χ2v) is 5.39.